The quantitative estimate of drug-likeness (QED) is 0.833. The number of benzene rings is 1. The van der Waals surface area contributed by atoms with Gasteiger partial charge in [-0.25, -0.2) is 4.98 Å². The summed E-state index contributed by atoms with van der Waals surface area (Å²) < 4.78 is 5.11. The summed E-state index contributed by atoms with van der Waals surface area (Å²) in [6, 6.07) is 7.39. The van der Waals surface area contributed by atoms with E-state index in [-0.39, 0.29) is 16.8 Å². The van der Waals surface area contributed by atoms with Crippen LogP contribution in [0.25, 0.3) is 0 Å². The van der Waals surface area contributed by atoms with Crippen LogP contribution in [0.4, 0.5) is 11.5 Å². The predicted octanol–water partition coefficient (Wildman–Crippen LogP) is 1.93. The monoisotopic (exact) mass is 272 g/mol. The molecule has 0 aliphatic carbocycles. The fourth-order valence-corrected chi connectivity index (χ4v) is 1.91. The van der Waals surface area contributed by atoms with Gasteiger partial charge in [0.05, 0.1) is 13.4 Å². The molecule has 0 fully saturated rings. The first-order valence-electron chi connectivity index (χ1n) is 6.05. The van der Waals surface area contributed by atoms with E-state index in [0.717, 1.165) is 11.4 Å². The minimum Gasteiger partial charge on any atom is -0.497 e. The Morgan fingerprint density at radius 1 is 1.35 bits per heavy atom. The number of methoxy groups -OCH3 is 1. The number of anilines is 2. The molecule has 0 aliphatic heterocycles. The third-order valence-corrected chi connectivity index (χ3v) is 2.99. The first-order chi connectivity index (χ1) is 9.54. The molecule has 0 amide bonds. The van der Waals surface area contributed by atoms with Crippen LogP contribution in [0.15, 0.2) is 35.4 Å². The van der Waals surface area contributed by atoms with Crippen molar-refractivity contribution in [3.8, 4) is 5.75 Å². The standard InChI is InChI=1S/C14H16N4O2/c1-9(15)12-13(16-8-17-14(12)19)18(2)10-4-6-11(20-3)7-5-10/h4-8,15H,1-3H3,(H,16,17,19). The van der Waals surface area contributed by atoms with Gasteiger partial charge in [-0.15, -0.1) is 0 Å². The average Bonchev–Trinajstić information content (AvgIpc) is 2.46. The van der Waals surface area contributed by atoms with Crippen LogP contribution in [0.1, 0.15) is 12.5 Å². The Bertz CT molecular complexity index is 676. The molecule has 1 heterocycles. The van der Waals surface area contributed by atoms with Crippen molar-refractivity contribution in [2.75, 3.05) is 19.1 Å². The van der Waals surface area contributed by atoms with Crippen molar-refractivity contribution in [3.63, 3.8) is 0 Å². The van der Waals surface area contributed by atoms with Crippen molar-refractivity contribution in [3.05, 3.63) is 46.5 Å². The maximum absolute atomic E-state index is 11.8. The normalized spacial score (nSPS) is 10.2. The lowest BCUT2D eigenvalue weighted by Gasteiger charge is -2.20. The lowest BCUT2D eigenvalue weighted by molar-refractivity contribution is 0.415. The third kappa shape index (κ3) is 2.54. The molecule has 2 aromatic rings. The maximum atomic E-state index is 11.8. The van der Waals surface area contributed by atoms with E-state index in [1.54, 1.807) is 26.0 Å². The lowest BCUT2D eigenvalue weighted by atomic mass is 10.2. The largest absolute Gasteiger partial charge is 0.497 e. The second-order valence-electron chi connectivity index (χ2n) is 4.31. The Morgan fingerprint density at radius 3 is 2.55 bits per heavy atom. The van der Waals surface area contributed by atoms with Crippen LogP contribution in [-0.4, -0.2) is 29.8 Å². The summed E-state index contributed by atoms with van der Waals surface area (Å²) in [4.78, 5) is 20.3. The van der Waals surface area contributed by atoms with Gasteiger partial charge in [0, 0.05) is 18.4 Å². The van der Waals surface area contributed by atoms with E-state index in [0.29, 0.717) is 5.82 Å². The van der Waals surface area contributed by atoms with Crippen molar-refractivity contribution in [1.29, 1.82) is 5.41 Å². The van der Waals surface area contributed by atoms with E-state index in [2.05, 4.69) is 9.97 Å². The van der Waals surface area contributed by atoms with Crippen molar-refractivity contribution >= 4 is 17.2 Å². The van der Waals surface area contributed by atoms with Crippen LogP contribution in [0, 0.1) is 5.41 Å². The number of ether oxygens (including phenoxy) is 1. The van der Waals surface area contributed by atoms with Crippen LogP contribution >= 0.6 is 0 Å². The third-order valence-electron chi connectivity index (χ3n) is 2.99. The number of aromatic amines is 1. The van der Waals surface area contributed by atoms with Crippen LogP contribution in [0.3, 0.4) is 0 Å². The first-order valence-corrected chi connectivity index (χ1v) is 6.05. The van der Waals surface area contributed by atoms with Crippen molar-refractivity contribution in [2.45, 2.75) is 6.92 Å². The molecule has 6 heteroatoms. The predicted molar refractivity (Wildman–Crippen MR) is 78.4 cm³/mol. The highest BCUT2D eigenvalue weighted by atomic mass is 16.5. The minimum atomic E-state index is -0.317. The summed E-state index contributed by atoms with van der Waals surface area (Å²) >= 11 is 0. The zero-order valence-electron chi connectivity index (χ0n) is 11.6. The number of hydrogen-bond donors (Lipinski definition) is 2. The molecule has 2 rings (SSSR count). The number of hydrogen-bond acceptors (Lipinski definition) is 5. The topological polar surface area (TPSA) is 82.1 Å². The van der Waals surface area contributed by atoms with Gasteiger partial charge in [-0.1, -0.05) is 0 Å². The molecule has 0 atom stereocenters. The molecular weight excluding hydrogens is 256 g/mol. The molecule has 6 nitrogen and oxygen atoms in total. The zero-order valence-corrected chi connectivity index (χ0v) is 11.6. The number of aromatic nitrogens is 2. The molecule has 104 valence electrons. The van der Waals surface area contributed by atoms with E-state index < -0.39 is 0 Å². The number of rotatable bonds is 4. The van der Waals surface area contributed by atoms with E-state index in [9.17, 15) is 4.79 Å². The van der Waals surface area contributed by atoms with Gasteiger partial charge in [-0.2, -0.15) is 0 Å². The molecule has 1 aromatic heterocycles. The molecule has 1 aromatic carbocycles. The molecule has 20 heavy (non-hydrogen) atoms. The maximum Gasteiger partial charge on any atom is 0.261 e. The summed E-state index contributed by atoms with van der Waals surface area (Å²) in [5, 5.41) is 7.73. The van der Waals surface area contributed by atoms with Crippen molar-refractivity contribution in [1.82, 2.24) is 9.97 Å². The first kappa shape index (κ1) is 13.8. The van der Waals surface area contributed by atoms with Gasteiger partial charge in [0.1, 0.15) is 17.1 Å². The molecule has 0 unspecified atom stereocenters. The highest BCUT2D eigenvalue weighted by molar-refractivity contribution is 6.00. The summed E-state index contributed by atoms with van der Waals surface area (Å²) in [6.07, 6.45) is 1.34. The summed E-state index contributed by atoms with van der Waals surface area (Å²) in [5.74, 6) is 1.20. The molecule has 0 saturated heterocycles. The number of nitrogens with one attached hydrogen (secondary N) is 2. The van der Waals surface area contributed by atoms with Crippen LogP contribution in [-0.2, 0) is 0 Å². The van der Waals surface area contributed by atoms with E-state index in [1.165, 1.54) is 6.33 Å². The minimum absolute atomic E-state index is 0.176. The lowest BCUT2D eigenvalue weighted by Crippen LogP contribution is -2.23. The Labute approximate surface area is 116 Å². The zero-order chi connectivity index (χ0) is 14.7. The van der Waals surface area contributed by atoms with Gasteiger partial charge < -0.3 is 20.0 Å². The second-order valence-corrected chi connectivity index (χ2v) is 4.31. The SMILES string of the molecule is COc1ccc(N(C)c2nc[nH]c(=O)c2C(C)=N)cc1. The van der Waals surface area contributed by atoms with Crippen LogP contribution < -0.4 is 15.2 Å². The fraction of sp³-hybridized carbons (Fsp3) is 0.214. The summed E-state index contributed by atoms with van der Waals surface area (Å²) in [7, 11) is 3.41. The average molecular weight is 272 g/mol. The fourth-order valence-electron chi connectivity index (χ4n) is 1.91. The Hall–Kier alpha value is -2.63. The van der Waals surface area contributed by atoms with Gasteiger partial charge in [0.15, 0.2) is 0 Å². The molecule has 0 spiro atoms. The number of nitrogens with zero attached hydrogens (tertiary/aromatic N) is 2. The van der Waals surface area contributed by atoms with Crippen LogP contribution in [0.5, 0.6) is 5.75 Å². The van der Waals surface area contributed by atoms with Crippen molar-refractivity contribution in [2.24, 2.45) is 0 Å². The molecule has 0 bridgehead atoms. The molecule has 2 N–H and O–H groups in total. The second kappa shape index (κ2) is 5.56. The van der Waals surface area contributed by atoms with Gasteiger partial charge in [0.25, 0.3) is 5.56 Å². The molecule has 0 radical (unpaired) electrons. The smallest absolute Gasteiger partial charge is 0.261 e. The molecule has 0 aliphatic rings. The highest BCUT2D eigenvalue weighted by Gasteiger charge is 2.15. The highest BCUT2D eigenvalue weighted by Crippen LogP contribution is 2.25. The van der Waals surface area contributed by atoms with Crippen molar-refractivity contribution < 1.29 is 4.74 Å². The number of H-pyrrole nitrogens is 1. The summed E-state index contributed by atoms with van der Waals surface area (Å²) in [6.45, 7) is 1.57. The van der Waals surface area contributed by atoms with Gasteiger partial charge in [0.2, 0.25) is 0 Å². The van der Waals surface area contributed by atoms with E-state index in [1.807, 2.05) is 24.3 Å². The Kier molecular flexibility index (Phi) is 3.84. The van der Waals surface area contributed by atoms with E-state index in [4.69, 9.17) is 10.1 Å². The Balaban J connectivity index is 2.47. The van der Waals surface area contributed by atoms with Gasteiger partial charge >= 0.3 is 0 Å². The van der Waals surface area contributed by atoms with Gasteiger partial charge in [-0.05, 0) is 31.2 Å². The molecule has 0 saturated carbocycles. The van der Waals surface area contributed by atoms with E-state index >= 15 is 0 Å². The molecular formula is C14H16N4O2. The van der Waals surface area contributed by atoms with Gasteiger partial charge in [-0.3, -0.25) is 4.79 Å². The Morgan fingerprint density at radius 2 is 2.00 bits per heavy atom. The summed E-state index contributed by atoms with van der Waals surface area (Å²) in [5.41, 5.74) is 0.981. The van der Waals surface area contributed by atoms with Crippen LogP contribution in [0.2, 0.25) is 0 Å².